The monoisotopic (exact) mass is 396 g/mol. The molecule has 3 aromatic rings. The predicted molar refractivity (Wildman–Crippen MR) is 107 cm³/mol. The third-order valence-corrected chi connectivity index (χ3v) is 5.54. The fourth-order valence-electron chi connectivity index (χ4n) is 2.40. The van der Waals surface area contributed by atoms with E-state index in [4.69, 9.17) is 4.74 Å². The Hall–Kier alpha value is -3.32. The number of anilines is 1. The summed E-state index contributed by atoms with van der Waals surface area (Å²) in [5.41, 5.74) is 4.96. The number of carbonyl (C=O) groups excluding carboxylic acids is 1. The number of ether oxygens (including phenoxy) is 1. The molecule has 0 aliphatic heterocycles. The van der Waals surface area contributed by atoms with Gasteiger partial charge in [-0.25, -0.2) is 4.79 Å². The molecule has 0 atom stereocenters. The van der Waals surface area contributed by atoms with Crippen molar-refractivity contribution < 1.29 is 17.9 Å². The number of aryl methyl sites for hydroxylation is 2. The standard InChI is InChI=1S/C21H20N2O4S/c1-16-8-12-19(13-9-16)27-21(24)23(22-18-6-4-3-5-7-18)28(25,26)20-14-10-17(2)11-15-20/h3-15,22H,1-2H3. The second kappa shape index (κ2) is 8.14. The average Bonchev–Trinajstić information content (AvgIpc) is 2.69. The maximum atomic E-state index is 13.1. The van der Waals surface area contributed by atoms with Gasteiger partial charge in [0, 0.05) is 0 Å². The molecule has 0 saturated carbocycles. The van der Waals surface area contributed by atoms with Crippen LogP contribution in [0.2, 0.25) is 0 Å². The van der Waals surface area contributed by atoms with Gasteiger partial charge in [-0.15, -0.1) is 4.41 Å². The summed E-state index contributed by atoms with van der Waals surface area (Å²) in [6, 6.07) is 21.5. The highest BCUT2D eigenvalue weighted by molar-refractivity contribution is 7.89. The SMILES string of the molecule is Cc1ccc(OC(=O)N(Nc2ccccc2)S(=O)(=O)c2ccc(C)cc2)cc1. The number of carbonyl (C=O) groups is 1. The van der Waals surface area contributed by atoms with E-state index in [0.29, 0.717) is 10.1 Å². The first kappa shape index (κ1) is 19.4. The molecule has 3 aromatic carbocycles. The van der Waals surface area contributed by atoms with Crippen molar-refractivity contribution >= 4 is 21.8 Å². The van der Waals surface area contributed by atoms with Crippen LogP contribution in [-0.4, -0.2) is 18.9 Å². The zero-order valence-electron chi connectivity index (χ0n) is 15.5. The molecule has 1 amide bonds. The van der Waals surface area contributed by atoms with Gasteiger partial charge in [0.25, 0.3) is 10.0 Å². The highest BCUT2D eigenvalue weighted by Gasteiger charge is 2.31. The fourth-order valence-corrected chi connectivity index (χ4v) is 3.55. The van der Waals surface area contributed by atoms with Crippen molar-refractivity contribution in [1.29, 1.82) is 0 Å². The number of sulfonamides is 1. The van der Waals surface area contributed by atoms with Crippen molar-refractivity contribution in [1.82, 2.24) is 4.41 Å². The molecule has 0 aliphatic rings. The smallest absolute Gasteiger partial charge is 0.408 e. The molecule has 7 heteroatoms. The third kappa shape index (κ3) is 4.50. The minimum absolute atomic E-state index is 0.0256. The number of rotatable bonds is 5. The maximum absolute atomic E-state index is 13.1. The van der Waals surface area contributed by atoms with Crippen LogP contribution in [0.25, 0.3) is 0 Å². The molecule has 0 unspecified atom stereocenters. The van der Waals surface area contributed by atoms with E-state index >= 15 is 0 Å². The topological polar surface area (TPSA) is 75.7 Å². The molecule has 1 N–H and O–H groups in total. The molecule has 144 valence electrons. The van der Waals surface area contributed by atoms with E-state index < -0.39 is 16.1 Å². The van der Waals surface area contributed by atoms with Gasteiger partial charge in [0.05, 0.1) is 10.6 Å². The lowest BCUT2D eigenvalue weighted by molar-refractivity contribution is 0.184. The van der Waals surface area contributed by atoms with Crippen LogP contribution >= 0.6 is 0 Å². The van der Waals surface area contributed by atoms with Crippen LogP contribution in [0.5, 0.6) is 5.75 Å². The van der Waals surface area contributed by atoms with E-state index in [1.807, 2.05) is 13.8 Å². The Morgan fingerprint density at radius 3 is 1.93 bits per heavy atom. The molecule has 28 heavy (non-hydrogen) atoms. The highest BCUT2D eigenvalue weighted by atomic mass is 32.2. The van der Waals surface area contributed by atoms with Crippen molar-refractivity contribution in [3.05, 3.63) is 90.0 Å². The molecule has 0 aromatic heterocycles. The molecule has 0 saturated heterocycles. The van der Waals surface area contributed by atoms with E-state index in [0.717, 1.165) is 11.1 Å². The van der Waals surface area contributed by atoms with Crippen LogP contribution in [0.4, 0.5) is 10.5 Å². The molecule has 0 spiro atoms. The lowest BCUT2D eigenvalue weighted by Gasteiger charge is -2.23. The Balaban J connectivity index is 1.95. The molecule has 0 heterocycles. The van der Waals surface area contributed by atoms with Gasteiger partial charge in [-0.05, 0) is 50.2 Å². The van der Waals surface area contributed by atoms with Gasteiger partial charge in [0.1, 0.15) is 5.75 Å². The summed E-state index contributed by atoms with van der Waals surface area (Å²) >= 11 is 0. The Kier molecular flexibility index (Phi) is 5.65. The Morgan fingerprint density at radius 2 is 1.36 bits per heavy atom. The number of amides is 1. The van der Waals surface area contributed by atoms with Gasteiger partial charge in [0.2, 0.25) is 0 Å². The molecule has 3 rings (SSSR count). The van der Waals surface area contributed by atoms with Crippen molar-refractivity contribution in [2.24, 2.45) is 0 Å². The van der Waals surface area contributed by atoms with Gasteiger partial charge in [0.15, 0.2) is 0 Å². The van der Waals surface area contributed by atoms with E-state index in [1.54, 1.807) is 66.7 Å². The molecule has 0 radical (unpaired) electrons. The Labute approximate surface area is 164 Å². The molecule has 0 fully saturated rings. The van der Waals surface area contributed by atoms with Gasteiger partial charge >= 0.3 is 6.09 Å². The van der Waals surface area contributed by atoms with Crippen LogP contribution in [0.3, 0.4) is 0 Å². The first-order chi connectivity index (χ1) is 13.4. The lowest BCUT2D eigenvalue weighted by Crippen LogP contribution is -2.43. The van der Waals surface area contributed by atoms with Crippen LogP contribution in [-0.2, 0) is 10.0 Å². The molecule has 0 aliphatic carbocycles. The van der Waals surface area contributed by atoms with Crippen LogP contribution in [0.15, 0.2) is 83.8 Å². The zero-order valence-corrected chi connectivity index (χ0v) is 16.3. The van der Waals surface area contributed by atoms with Crippen LogP contribution in [0, 0.1) is 13.8 Å². The van der Waals surface area contributed by atoms with Crippen LogP contribution < -0.4 is 10.2 Å². The quantitative estimate of drug-likeness (QED) is 0.642. The van der Waals surface area contributed by atoms with Crippen molar-refractivity contribution in [2.75, 3.05) is 5.43 Å². The molecular formula is C21H20N2O4S. The third-order valence-electron chi connectivity index (χ3n) is 3.96. The summed E-state index contributed by atoms with van der Waals surface area (Å²) in [4.78, 5) is 12.7. The predicted octanol–water partition coefficient (Wildman–Crippen LogP) is 4.52. The summed E-state index contributed by atoms with van der Waals surface area (Å²) < 4.78 is 32.0. The van der Waals surface area contributed by atoms with Gasteiger partial charge < -0.3 is 4.74 Å². The normalized spacial score (nSPS) is 10.9. The summed E-state index contributed by atoms with van der Waals surface area (Å²) in [6.45, 7) is 3.75. The Morgan fingerprint density at radius 1 is 0.821 bits per heavy atom. The van der Waals surface area contributed by atoms with E-state index in [-0.39, 0.29) is 10.6 Å². The van der Waals surface area contributed by atoms with Gasteiger partial charge in [-0.1, -0.05) is 53.6 Å². The van der Waals surface area contributed by atoms with Crippen molar-refractivity contribution in [2.45, 2.75) is 18.7 Å². The number of hydrazine groups is 1. The highest BCUT2D eigenvalue weighted by Crippen LogP contribution is 2.21. The summed E-state index contributed by atoms with van der Waals surface area (Å²) in [5.74, 6) is 0.245. The zero-order chi connectivity index (χ0) is 20.1. The fraction of sp³-hybridized carbons (Fsp3) is 0.0952. The first-order valence-corrected chi connectivity index (χ1v) is 10.0. The number of benzene rings is 3. The van der Waals surface area contributed by atoms with Gasteiger partial charge in [-0.2, -0.15) is 8.42 Å². The minimum atomic E-state index is -4.20. The Bertz CT molecular complexity index is 1050. The largest absolute Gasteiger partial charge is 0.449 e. The number of nitrogens with zero attached hydrogens (tertiary/aromatic N) is 1. The number of para-hydroxylation sites is 1. The second-order valence-corrected chi connectivity index (χ2v) is 8.03. The number of hydrogen-bond acceptors (Lipinski definition) is 5. The van der Waals surface area contributed by atoms with Crippen molar-refractivity contribution in [3.8, 4) is 5.75 Å². The number of hydrogen-bond donors (Lipinski definition) is 1. The van der Waals surface area contributed by atoms with E-state index in [2.05, 4.69) is 5.43 Å². The second-order valence-electron chi connectivity index (χ2n) is 6.24. The average molecular weight is 396 g/mol. The van der Waals surface area contributed by atoms with Gasteiger partial charge in [-0.3, -0.25) is 5.43 Å². The van der Waals surface area contributed by atoms with E-state index in [1.165, 1.54) is 12.1 Å². The summed E-state index contributed by atoms with van der Waals surface area (Å²) in [7, 11) is -4.20. The van der Waals surface area contributed by atoms with Crippen molar-refractivity contribution in [3.63, 3.8) is 0 Å². The summed E-state index contributed by atoms with van der Waals surface area (Å²) in [5, 5.41) is 0. The molecular weight excluding hydrogens is 376 g/mol. The summed E-state index contributed by atoms with van der Waals surface area (Å²) in [6.07, 6.45) is -1.06. The van der Waals surface area contributed by atoms with Crippen LogP contribution in [0.1, 0.15) is 11.1 Å². The minimum Gasteiger partial charge on any atom is -0.408 e. The first-order valence-electron chi connectivity index (χ1n) is 8.58. The molecule has 0 bridgehead atoms. The number of nitrogens with one attached hydrogen (secondary N) is 1. The van der Waals surface area contributed by atoms with E-state index in [9.17, 15) is 13.2 Å². The lowest BCUT2D eigenvalue weighted by atomic mass is 10.2. The molecule has 6 nitrogen and oxygen atoms in total. The maximum Gasteiger partial charge on any atom is 0.449 e.